The molecule has 0 radical (unpaired) electrons. The molecule has 5 nitrogen and oxygen atoms in total. The number of methoxy groups -OCH3 is 2. The smallest absolute Gasteiger partial charge is 0.122 e. The second-order valence-electron chi connectivity index (χ2n) is 3.80. The Morgan fingerprint density at radius 1 is 0.944 bits per heavy atom. The molecule has 0 saturated heterocycles. The number of aromatic nitrogens is 2. The third-order valence-electron chi connectivity index (χ3n) is 2.67. The van der Waals surface area contributed by atoms with Crippen molar-refractivity contribution in [3.05, 3.63) is 48.0 Å². The largest absolute Gasteiger partial charge is 0.497 e. The van der Waals surface area contributed by atoms with Crippen LogP contribution >= 0.6 is 0 Å². The molecule has 5 heteroatoms. The van der Waals surface area contributed by atoms with Gasteiger partial charge < -0.3 is 15.2 Å². The molecule has 1 unspecified atom stereocenters. The summed E-state index contributed by atoms with van der Waals surface area (Å²) in [6, 6.07) is 5.24. The van der Waals surface area contributed by atoms with Crippen molar-refractivity contribution in [1.82, 2.24) is 9.97 Å². The predicted octanol–water partition coefficient (Wildman–Crippen LogP) is 1.54. The van der Waals surface area contributed by atoms with Crippen LogP contribution in [0.15, 0.2) is 36.9 Å². The summed E-state index contributed by atoms with van der Waals surface area (Å²) in [5.41, 5.74) is 7.90. The van der Waals surface area contributed by atoms with Gasteiger partial charge in [-0.2, -0.15) is 0 Å². The van der Waals surface area contributed by atoms with Crippen molar-refractivity contribution in [2.45, 2.75) is 6.04 Å². The SMILES string of the molecule is COc1cc(OC)cc(C(N)c2cncnc2)c1. The molecule has 0 amide bonds. The number of nitrogens with two attached hydrogens (primary N) is 1. The van der Waals surface area contributed by atoms with Crippen molar-refractivity contribution in [2.24, 2.45) is 5.73 Å². The maximum absolute atomic E-state index is 6.17. The van der Waals surface area contributed by atoms with E-state index in [-0.39, 0.29) is 6.04 Å². The Hall–Kier alpha value is -2.14. The van der Waals surface area contributed by atoms with E-state index >= 15 is 0 Å². The number of ether oxygens (including phenoxy) is 2. The first kappa shape index (κ1) is 12.3. The summed E-state index contributed by atoms with van der Waals surface area (Å²) < 4.78 is 10.4. The van der Waals surface area contributed by atoms with Crippen LogP contribution in [0.5, 0.6) is 11.5 Å². The van der Waals surface area contributed by atoms with Crippen LogP contribution in [-0.4, -0.2) is 24.2 Å². The average molecular weight is 245 g/mol. The summed E-state index contributed by atoms with van der Waals surface area (Å²) in [6.45, 7) is 0. The van der Waals surface area contributed by atoms with E-state index in [1.54, 1.807) is 32.7 Å². The van der Waals surface area contributed by atoms with Crippen molar-refractivity contribution in [3.8, 4) is 11.5 Å². The summed E-state index contributed by atoms with van der Waals surface area (Å²) in [5.74, 6) is 1.41. The number of hydrogen-bond acceptors (Lipinski definition) is 5. The molecule has 1 aromatic heterocycles. The number of hydrogen-bond donors (Lipinski definition) is 1. The zero-order chi connectivity index (χ0) is 13.0. The molecule has 2 aromatic rings. The zero-order valence-electron chi connectivity index (χ0n) is 10.3. The van der Waals surface area contributed by atoms with E-state index in [2.05, 4.69) is 9.97 Å². The molecular formula is C13H15N3O2. The molecule has 1 atom stereocenters. The number of nitrogens with zero attached hydrogens (tertiary/aromatic N) is 2. The first-order valence-electron chi connectivity index (χ1n) is 5.48. The van der Waals surface area contributed by atoms with Gasteiger partial charge >= 0.3 is 0 Å². The fourth-order valence-electron chi connectivity index (χ4n) is 1.67. The highest BCUT2D eigenvalue weighted by Crippen LogP contribution is 2.28. The molecule has 0 saturated carbocycles. The van der Waals surface area contributed by atoms with Crippen LogP contribution in [0.4, 0.5) is 0 Å². The minimum atomic E-state index is -0.310. The Labute approximate surface area is 106 Å². The summed E-state index contributed by atoms with van der Waals surface area (Å²) >= 11 is 0. The topological polar surface area (TPSA) is 70.3 Å². The highest BCUT2D eigenvalue weighted by molar-refractivity contribution is 5.42. The monoisotopic (exact) mass is 245 g/mol. The van der Waals surface area contributed by atoms with Gasteiger partial charge in [0.1, 0.15) is 17.8 Å². The molecule has 2 N–H and O–H groups in total. The summed E-state index contributed by atoms with van der Waals surface area (Å²) in [4.78, 5) is 7.93. The fourth-order valence-corrected chi connectivity index (χ4v) is 1.67. The molecule has 0 aliphatic heterocycles. The van der Waals surface area contributed by atoms with Gasteiger partial charge in [-0.15, -0.1) is 0 Å². The standard InChI is InChI=1S/C13H15N3O2/c1-17-11-3-9(4-12(5-11)18-2)13(14)10-6-15-8-16-7-10/h3-8,13H,14H2,1-2H3. The summed E-state index contributed by atoms with van der Waals surface area (Å²) in [5, 5.41) is 0. The molecule has 1 heterocycles. The molecule has 0 aliphatic carbocycles. The van der Waals surface area contributed by atoms with Crippen LogP contribution in [0.3, 0.4) is 0 Å². The van der Waals surface area contributed by atoms with E-state index in [4.69, 9.17) is 15.2 Å². The highest BCUT2D eigenvalue weighted by atomic mass is 16.5. The van der Waals surface area contributed by atoms with Crippen molar-refractivity contribution < 1.29 is 9.47 Å². The molecule has 94 valence electrons. The predicted molar refractivity (Wildman–Crippen MR) is 67.6 cm³/mol. The molecule has 1 aromatic carbocycles. The van der Waals surface area contributed by atoms with Crippen molar-refractivity contribution in [3.63, 3.8) is 0 Å². The van der Waals surface area contributed by atoms with Gasteiger partial charge in [-0.05, 0) is 17.7 Å². The van der Waals surface area contributed by atoms with Crippen LogP contribution in [0, 0.1) is 0 Å². The Bertz CT molecular complexity index is 495. The van der Waals surface area contributed by atoms with Crippen LogP contribution in [0.25, 0.3) is 0 Å². The van der Waals surface area contributed by atoms with E-state index in [0.29, 0.717) is 11.5 Å². The molecule has 0 bridgehead atoms. The molecule has 0 fully saturated rings. The highest BCUT2D eigenvalue weighted by Gasteiger charge is 2.12. The van der Waals surface area contributed by atoms with Crippen LogP contribution in [0.2, 0.25) is 0 Å². The minimum Gasteiger partial charge on any atom is -0.497 e. The Kier molecular flexibility index (Phi) is 3.74. The lowest BCUT2D eigenvalue weighted by Crippen LogP contribution is -2.12. The van der Waals surface area contributed by atoms with Gasteiger partial charge in [0.25, 0.3) is 0 Å². The number of rotatable bonds is 4. The molecule has 18 heavy (non-hydrogen) atoms. The normalized spacial score (nSPS) is 11.9. The average Bonchev–Trinajstić information content (AvgIpc) is 2.46. The lowest BCUT2D eigenvalue weighted by atomic mass is 10.0. The van der Waals surface area contributed by atoms with E-state index in [9.17, 15) is 0 Å². The van der Waals surface area contributed by atoms with E-state index < -0.39 is 0 Å². The fraction of sp³-hybridized carbons (Fsp3) is 0.231. The second-order valence-corrected chi connectivity index (χ2v) is 3.80. The third kappa shape index (κ3) is 2.57. The molecular weight excluding hydrogens is 230 g/mol. The van der Waals surface area contributed by atoms with Gasteiger partial charge in [-0.25, -0.2) is 9.97 Å². The van der Waals surface area contributed by atoms with E-state index in [1.165, 1.54) is 6.33 Å². The van der Waals surface area contributed by atoms with Gasteiger partial charge in [0.2, 0.25) is 0 Å². The van der Waals surface area contributed by atoms with Crippen molar-refractivity contribution >= 4 is 0 Å². The van der Waals surface area contributed by atoms with Crippen LogP contribution in [-0.2, 0) is 0 Å². The van der Waals surface area contributed by atoms with Crippen molar-refractivity contribution in [1.29, 1.82) is 0 Å². The van der Waals surface area contributed by atoms with Gasteiger partial charge in [0.05, 0.1) is 20.3 Å². The molecule has 0 spiro atoms. The van der Waals surface area contributed by atoms with Gasteiger partial charge in [0.15, 0.2) is 0 Å². The Morgan fingerprint density at radius 3 is 2.00 bits per heavy atom. The van der Waals surface area contributed by atoms with Crippen LogP contribution < -0.4 is 15.2 Å². The Balaban J connectivity index is 2.38. The van der Waals surface area contributed by atoms with Gasteiger partial charge in [-0.3, -0.25) is 0 Å². The first-order chi connectivity index (χ1) is 8.74. The minimum absolute atomic E-state index is 0.310. The van der Waals surface area contributed by atoms with E-state index in [0.717, 1.165) is 11.1 Å². The Morgan fingerprint density at radius 2 is 1.50 bits per heavy atom. The number of benzene rings is 1. The zero-order valence-corrected chi connectivity index (χ0v) is 10.3. The quantitative estimate of drug-likeness (QED) is 0.884. The molecule has 2 rings (SSSR count). The maximum atomic E-state index is 6.17. The molecule has 0 aliphatic rings. The summed E-state index contributed by atoms with van der Waals surface area (Å²) in [7, 11) is 3.21. The van der Waals surface area contributed by atoms with E-state index in [1.807, 2.05) is 12.1 Å². The second kappa shape index (κ2) is 5.46. The third-order valence-corrected chi connectivity index (χ3v) is 2.67. The lowest BCUT2D eigenvalue weighted by molar-refractivity contribution is 0.393. The van der Waals surface area contributed by atoms with Gasteiger partial charge in [-0.1, -0.05) is 0 Å². The first-order valence-corrected chi connectivity index (χ1v) is 5.48. The maximum Gasteiger partial charge on any atom is 0.122 e. The van der Waals surface area contributed by atoms with Gasteiger partial charge in [0, 0.05) is 24.0 Å². The lowest BCUT2D eigenvalue weighted by Gasteiger charge is -2.14. The van der Waals surface area contributed by atoms with Crippen molar-refractivity contribution in [2.75, 3.05) is 14.2 Å². The van der Waals surface area contributed by atoms with Crippen LogP contribution in [0.1, 0.15) is 17.2 Å². The summed E-state index contributed by atoms with van der Waals surface area (Å²) in [6.07, 6.45) is 4.87.